The minimum absolute atomic E-state index is 0.0690. The average Bonchev–Trinajstić information content (AvgIpc) is 3.25. The number of nitro benzene ring substituents is 1. The summed E-state index contributed by atoms with van der Waals surface area (Å²) in [4.78, 5) is 17.0. The molecule has 0 fully saturated rings. The van der Waals surface area contributed by atoms with E-state index in [1.54, 1.807) is 34.8 Å². The largest absolute Gasteiger partial charge is 0.269 e. The smallest absolute Gasteiger partial charge is 0.258 e. The zero-order chi connectivity index (χ0) is 18.7. The van der Waals surface area contributed by atoms with E-state index in [2.05, 4.69) is 16.4 Å². The van der Waals surface area contributed by atoms with Gasteiger partial charge >= 0.3 is 0 Å². The predicted molar refractivity (Wildman–Crippen MR) is 107 cm³/mol. The van der Waals surface area contributed by atoms with E-state index in [-0.39, 0.29) is 11.7 Å². The fourth-order valence-corrected chi connectivity index (χ4v) is 4.09. The standard InChI is InChI=1S/C18H18N4O2S2/c1-12(2)19-18-21(16(11-26-18)17-5-4-10-25-17)20-13(3)14-6-8-15(9-7-14)22(23)24/h4-12H,1-3H3. The highest BCUT2D eigenvalue weighted by Gasteiger charge is 2.11. The van der Waals surface area contributed by atoms with Gasteiger partial charge in [0.05, 0.1) is 21.2 Å². The van der Waals surface area contributed by atoms with Gasteiger partial charge in [0.25, 0.3) is 5.69 Å². The van der Waals surface area contributed by atoms with Crippen molar-refractivity contribution in [2.45, 2.75) is 26.8 Å². The van der Waals surface area contributed by atoms with Crippen LogP contribution in [-0.2, 0) is 0 Å². The third-order valence-corrected chi connectivity index (χ3v) is 5.30. The zero-order valence-electron chi connectivity index (χ0n) is 14.6. The molecule has 0 aliphatic rings. The molecule has 0 atom stereocenters. The molecule has 0 saturated heterocycles. The van der Waals surface area contributed by atoms with Crippen LogP contribution in [0.15, 0.2) is 57.3 Å². The Morgan fingerprint density at radius 3 is 2.50 bits per heavy atom. The van der Waals surface area contributed by atoms with Crippen LogP contribution in [0.25, 0.3) is 10.6 Å². The number of rotatable bonds is 5. The number of hydrogen-bond acceptors (Lipinski definition) is 6. The molecule has 0 saturated carbocycles. The summed E-state index contributed by atoms with van der Waals surface area (Å²) < 4.78 is 1.85. The van der Waals surface area contributed by atoms with Gasteiger partial charge in [-0.15, -0.1) is 22.7 Å². The fraction of sp³-hybridized carbons (Fsp3) is 0.222. The number of non-ortho nitro benzene ring substituents is 1. The molecule has 0 N–H and O–H groups in total. The van der Waals surface area contributed by atoms with Gasteiger partial charge in [-0.1, -0.05) is 6.07 Å². The molecule has 0 spiro atoms. The summed E-state index contributed by atoms with van der Waals surface area (Å²) in [7, 11) is 0. The van der Waals surface area contributed by atoms with E-state index < -0.39 is 4.92 Å². The molecule has 134 valence electrons. The first-order valence-corrected chi connectivity index (χ1v) is 9.80. The summed E-state index contributed by atoms with van der Waals surface area (Å²) in [5, 5.41) is 19.7. The van der Waals surface area contributed by atoms with E-state index in [1.807, 2.05) is 36.9 Å². The number of nitro groups is 1. The SMILES string of the molecule is CC(=Nn1c(-c2cccs2)csc1=NC(C)C)c1ccc([N+](=O)[O-])cc1. The Bertz CT molecular complexity index is 997. The summed E-state index contributed by atoms with van der Waals surface area (Å²) in [6.45, 7) is 5.95. The Labute approximate surface area is 158 Å². The van der Waals surface area contributed by atoms with Gasteiger partial charge < -0.3 is 0 Å². The fourth-order valence-electron chi connectivity index (χ4n) is 2.33. The van der Waals surface area contributed by atoms with E-state index in [0.29, 0.717) is 0 Å². The van der Waals surface area contributed by atoms with Gasteiger partial charge in [0, 0.05) is 23.6 Å². The summed E-state index contributed by atoms with van der Waals surface area (Å²) in [6, 6.07) is 10.6. The van der Waals surface area contributed by atoms with Gasteiger partial charge in [-0.2, -0.15) is 5.10 Å². The van der Waals surface area contributed by atoms with Crippen molar-refractivity contribution in [3.05, 3.63) is 67.6 Å². The molecule has 2 aromatic heterocycles. The number of thiazole rings is 1. The number of nitrogens with zero attached hydrogens (tertiary/aromatic N) is 4. The van der Waals surface area contributed by atoms with Crippen molar-refractivity contribution < 1.29 is 4.92 Å². The topological polar surface area (TPSA) is 72.8 Å². The number of thiophene rings is 1. The molecule has 0 amide bonds. The molecule has 0 aliphatic carbocycles. The van der Waals surface area contributed by atoms with E-state index in [1.165, 1.54) is 12.1 Å². The van der Waals surface area contributed by atoms with Crippen molar-refractivity contribution in [2.24, 2.45) is 10.1 Å². The van der Waals surface area contributed by atoms with Crippen LogP contribution in [0.3, 0.4) is 0 Å². The first-order chi connectivity index (χ1) is 12.5. The van der Waals surface area contributed by atoms with Crippen LogP contribution in [0, 0.1) is 10.1 Å². The third kappa shape index (κ3) is 3.97. The Hall–Kier alpha value is -2.58. The average molecular weight is 387 g/mol. The molecule has 3 aromatic rings. The van der Waals surface area contributed by atoms with Crippen molar-refractivity contribution in [2.75, 3.05) is 0 Å². The Morgan fingerprint density at radius 2 is 1.92 bits per heavy atom. The second kappa shape index (κ2) is 7.76. The quantitative estimate of drug-likeness (QED) is 0.360. The van der Waals surface area contributed by atoms with Gasteiger partial charge in [-0.3, -0.25) is 15.1 Å². The maximum Gasteiger partial charge on any atom is 0.269 e. The molecule has 0 radical (unpaired) electrons. The van der Waals surface area contributed by atoms with Crippen LogP contribution in [0.4, 0.5) is 5.69 Å². The highest BCUT2D eigenvalue weighted by Crippen LogP contribution is 2.25. The van der Waals surface area contributed by atoms with Crippen molar-refractivity contribution in [1.82, 2.24) is 4.68 Å². The van der Waals surface area contributed by atoms with Gasteiger partial charge in [0.2, 0.25) is 4.80 Å². The highest BCUT2D eigenvalue weighted by atomic mass is 32.1. The van der Waals surface area contributed by atoms with Gasteiger partial charge in [-0.05, 0) is 49.9 Å². The lowest BCUT2D eigenvalue weighted by Crippen LogP contribution is -2.16. The molecule has 8 heteroatoms. The minimum atomic E-state index is -0.404. The molecule has 1 aromatic carbocycles. The zero-order valence-corrected chi connectivity index (χ0v) is 16.3. The monoisotopic (exact) mass is 386 g/mol. The molecular formula is C18H18N4O2S2. The summed E-state index contributed by atoms with van der Waals surface area (Å²) in [5.41, 5.74) is 2.66. The van der Waals surface area contributed by atoms with E-state index in [9.17, 15) is 10.1 Å². The number of aromatic nitrogens is 1. The minimum Gasteiger partial charge on any atom is -0.258 e. The van der Waals surface area contributed by atoms with Gasteiger partial charge in [0.15, 0.2) is 0 Å². The van der Waals surface area contributed by atoms with Crippen molar-refractivity contribution >= 4 is 34.1 Å². The van der Waals surface area contributed by atoms with Crippen LogP contribution in [0.1, 0.15) is 26.3 Å². The number of hydrogen-bond donors (Lipinski definition) is 0. The lowest BCUT2D eigenvalue weighted by Gasteiger charge is -2.05. The molecular weight excluding hydrogens is 368 g/mol. The number of benzene rings is 1. The second-order valence-corrected chi connectivity index (χ2v) is 7.69. The van der Waals surface area contributed by atoms with E-state index in [4.69, 9.17) is 5.10 Å². The second-order valence-electron chi connectivity index (χ2n) is 5.90. The Kier molecular flexibility index (Phi) is 5.43. The molecule has 6 nitrogen and oxygen atoms in total. The normalized spacial score (nSPS) is 12.8. The molecule has 0 bridgehead atoms. The van der Waals surface area contributed by atoms with Crippen molar-refractivity contribution in [3.8, 4) is 10.6 Å². The van der Waals surface area contributed by atoms with Crippen molar-refractivity contribution in [3.63, 3.8) is 0 Å². The van der Waals surface area contributed by atoms with Gasteiger partial charge in [-0.25, -0.2) is 4.68 Å². The summed E-state index contributed by atoms with van der Waals surface area (Å²) in [5.74, 6) is 0. The first-order valence-electron chi connectivity index (χ1n) is 8.04. The third-order valence-electron chi connectivity index (χ3n) is 3.57. The highest BCUT2D eigenvalue weighted by molar-refractivity contribution is 7.14. The predicted octanol–water partition coefficient (Wildman–Crippen LogP) is 4.77. The van der Waals surface area contributed by atoms with Crippen LogP contribution >= 0.6 is 22.7 Å². The van der Waals surface area contributed by atoms with Crippen molar-refractivity contribution in [1.29, 1.82) is 0 Å². The van der Waals surface area contributed by atoms with Crippen LogP contribution in [0.2, 0.25) is 0 Å². The first kappa shape index (κ1) is 18.2. The Balaban J connectivity index is 2.08. The molecule has 0 aliphatic heterocycles. The lowest BCUT2D eigenvalue weighted by atomic mass is 10.1. The molecule has 0 unspecified atom stereocenters. The molecule has 2 heterocycles. The van der Waals surface area contributed by atoms with E-state index >= 15 is 0 Å². The summed E-state index contributed by atoms with van der Waals surface area (Å²) in [6.07, 6.45) is 0. The Morgan fingerprint density at radius 1 is 1.19 bits per heavy atom. The summed E-state index contributed by atoms with van der Waals surface area (Å²) >= 11 is 3.20. The maximum atomic E-state index is 10.8. The van der Waals surface area contributed by atoms with Gasteiger partial charge in [0.1, 0.15) is 0 Å². The van der Waals surface area contributed by atoms with Crippen LogP contribution in [0.5, 0.6) is 0 Å². The maximum absolute atomic E-state index is 10.8. The lowest BCUT2D eigenvalue weighted by molar-refractivity contribution is -0.384. The van der Waals surface area contributed by atoms with E-state index in [0.717, 1.165) is 26.6 Å². The van der Waals surface area contributed by atoms with Crippen LogP contribution in [-0.4, -0.2) is 21.4 Å². The van der Waals surface area contributed by atoms with Crippen LogP contribution < -0.4 is 4.80 Å². The molecule has 26 heavy (non-hydrogen) atoms. The molecule has 3 rings (SSSR count).